The first-order valence-corrected chi connectivity index (χ1v) is 10.4. The summed E-state index contributed by atoms with van der Waals surface area (Å²) < 4.78 is 2.33. The second kappa shape index (κ2) is 8.82. The molecule has 1 aliphatic rings. The first-order valence-electron chi connectivity index (χ1n) is 10.00. The Morgan fingerprint density at radius 1 is 1.34 bits per heavy atom. The molecule has 29 heavy (non-hydrogen) atoms. The Morgan fingerprint density at radius 2 is 2.10 bits per heavy atom. The highest BCUT2D eigenvalue weighted by molar-refractivity contribution is 6.31. The summed E-state index contributed by atoms with van der Waals surface area (Å²) in [4.78, 5) is 16.7. The number of hydrogen-bond acceptors (Lipinski definition) is 4. The minimum Gasteiger partial charge on any atom is -0.404 e. The van der Waals surface area contributed by atoms with E-state index in [0.717, 1.165) is 36.3 Å². The van der Waals surface area contributed by atoms with Gasteiger partial charge in [0.15, 0.2) is 0 Å². The number of hydrogen-bond donors (Lipinski definition) is 2. The summed E-state index contributed by atoms with van der Waals surface area (Å²) in [5, 5.41) is 1.88. The van der Waals surface area contributed by atoms with E-state index in [-0.39, 0.29) is 11.8 Å². The molecule has 0 radical (unpaired) electrons. The lowest BCUT2D eigenvalue weighted by Crippen LogP contribution is -2.40. The highest BCUT2D eigenvalue weighted by Crippen LogP contribution is 2.33. The molecule has 1 fully saturated rings. The smallest absolute Gasteiger partial charge is 0.255 e. The lowest BCUT2D eigenvalue weighted by molar-refractivity contribution is -0.128. The van der Waals surface area contributed by atoms with Crippen LogP contribution in [-0.2, 0) is 11.3 Å². The summed E-state index contributed by atoms with van der Waals surface area (Å²) in [5.41, 5.74) is 14.6. The molecule has 1 amide bonds. The average Bonchev–Trinajstić information content (AvgIpc) is 3.08. The molecule has 6 nitrogen and oxygen atoms in total. The van der Waals surface area contributed by atoms with Gasteiger partial charge < -0.3 is 25.8 Å². The third kappa shape index (κ3) is 4.37. The van der Waals surface area contributed by atoms with Crippen LogP contribution in [0.1, 0.15) is 31.4 Å². The molecule has 1 aliphatic heterocycles. The molecule has 2 heterocycles. The van der Waals surface area contributed by atoms with Crippen LogP contribution in [0.5, 0.6) is 0 Å². The summed E-state index contributed by atoms with van der Waals surface area (Å²) in [6.07, 6.45) is 4.97. The molecule has 1 aromatic carbocycles. The van der Waals surface area contributed by atoms with Gasteiger partial charge in [-0.05, 0) is 50.1 Å². The van der Waals surface area contributed by atoms with Crippen molar-refractivity contribution in [3.8, 4) is 0 Å². The van der Waals surface area contributed by atoms with E-state index >= 15 is 0 Å². The lowest BCUT2D eigenvalue weighted by Gasteiger charge is -2.33. The van der Waals surface area contributed by atoms with E-state index in [1.165, 1.54) is 17.4 Å². The zero-order valence-electron chi connectivity index (χ0n) is 17.4. The normalized spacial score (nSPS) is 18.3. The Hall–Kier alpha value is -2.60. The molecule has 7 heteroatoms. The Balaban J connectivity index is 1.87. The van der Waals surface area contributed by atoms with Gasteiger partial charge in [-0.25, -0.2) is 0 Å². The number of rotatable bonds is 5. The van der Waals surface area contributed by atoms with Crippen molar-refractivity contribution < 1.29 is 4.79 Å². The minimum absolute atomic E-state index is 0.0794. The van der Waals surface area contributed by atoms with Gasteiger partial charge in [0.25, 0.3) is 5.91 Å². The van der Waals surface area contributed by atoms with Crippen molar-refractivity contribution in [1.82, 2.24) is 14.4 Å². The van der Waals surface area contributed by atoms with Crippen molar-refractivity contribution in [2.75, 3.05) is 27.2 Å². The average molecular weight is 416 g/mol. The fourth-order valence-corrected chi connectivity index (χ4v) is 4.19. The number of piperidine rings is 1. The molecule has 1 saturated heterocycles. The van der Waals surface area contributed by atoms with Crippen molar-refractivity contribution in [2.45, 2.75) is 32.2 Å². The number of amides is 1. The molecular formula is C22H30ClN5O. The number of benzene rings is 1. The topological polar surface area (TPSA) is 80.5 Å². The van der Waals surface area contributed by atoms with Gasteiger partial charge in [-0.1, -0.05) is 11.6 Å². The number of aromatic nitrogens is 1. The van der Waals surface area contributed by atoms with Crippen LogP contribution in [0.25, 0.3) is 10.9 Å². The molecule has 1 aromatic heterocycles. The summed E-state index contributed by atoms with van der Waals surface area (Å²) in [6.45, 7) is 4.41. The van der Waals surface area contributed by atoms with Crippen molar-refractivity contribution >= 4 is 28.4 Å². The number of carbonyl (C=O) groups is 1. The maximum Gasteiger partial charge on any atom is 0.255 e. The first-order chi connectivity index (χ1) is 13.8. The molecule has 0 aliphatic carbocycles. The van der Waals surface area contributed by atoms with Gasteiger partial charge in [-0.2, -0.15) is 0 Å². The van der Waals surface area contributed by atoms with E-state index in [4.69, 9.17) is 23.1 Å². The molecule has 0 bridgehead atoms. The lowest BCUT2D eigenvalue weighted by atomic mass is 9.94. The molecule has 4 N–H and O–H groups in total. The molecule has 156 valence electrons. The molecule has 2 aromatic rings. The van der Waals surface area contributed by atoms with Crippen molar-refractivity contribution in [2.24, 2.45) is 11.5 Å². The van der Waals surface area contributed by atoms with Crippen LogP contribution in [0.2, 0.25) is 5.02 Å². The molecule has 3 rings (SSSR count). The number of carbonyl (C=O) groups excluding carboxylic acids is 1. The first kappa shape index (κ1) is 21.1. The van der Waals surface area contributed by atoms with Gasteiger partial charge in [0, 0.05) is 67.5 Å². The Labute approximate surface area is 177 Å². The van der Waals surface area contributed by atoms with Crippen LogP contribution >= 0.6 is 11.6 Å². The fraction of sp³-hybridized carbons (Fsp3) is 0.409. The predicted molar refractivity (Wildman–Crippen MR) is 119 cm³/mol. The van der Waals surface area contributed by atoms with Gasteiger partial charge >= 0.3 is 0 Å². The third-order valence-electron chi connectivity index (χ3n) is 5.58. The molecule has 0 spiro atoms. The van der Waals surface area contributed by atoms with Gasteiger partial charge in [0.05, 0.1) is 11.4 Å². The number of fused-ring (bicyclic) bond motifs is 1. The number of halogens is 1. The predicted octanol–water partition coefficient (Wildman–Crippen LogP) is 3.22. The Bertz CT molecular complexity index is 960. The zero-order chi connectivity index (χ0) is 21.1. The Kier molecular flexibility index (Phi) is 6.42. The molecule has 0 saturated carbocycles. The number of likely N-dealkylation sites (tertiary alicyclic amines) is 1. The summed E-state index contributed by atoms with van der Waals surface area (Å²) >= 11 is 6.19. The summed E-state index contributed by atoms with van der Waals surface area (Å²) in [7, 11) is 3.66. The quantitative estimate of drug-likeness (QED) is 0.580. The number of nitrogens with two attached hydrogens (primary N) is 2. The monoisotopic (exact) mass is 415 g/mol. The zero-order valence-corrected chi connectivity index (χ0v) is 18.1. The van der Waals surface area contributed by atoms with Gasteiger partial charge in [0.1, 0.15) is 0 Å². The summed E-state index contributed by atoms with van der Waals surface area (Å²) in [5.74, 6) is 0.684. The number of aryl methyl sites for hydroxylation is 1. The van der Waals surface area contributed by atoms with E-state index < -0.39 is 0 Å². The maximum absolute atomic E-state index is 13.1. The summed E-state index contributed by atoms with van der Waals surface area (Å²) in [6, 6.07) is 8.21. The van der Waals surface area contributed by atoms with Crippen LogP contribution in [-0.4, -0.2) is 47.5 Å². The highest BCUT2D eigenvalue weighted by Gasteiger charge is 2.28. The van der Waals surface area contributed by atoms with Crippen molar-refractivity contribution in [3.63, 3.8) is 0 Å². The third-order valence-corrected chi connectivity index (χ3v) is 5.82. The van der Waals surface area contributed by atoms with E-state index in [9.17, 15) is 4.79 Å². The maximum atomic E-state index is 13.1. The van der Waals surface area contributed by atoms with Crippen molar-refractivity contribution in [1.29, 1.82) is 0 Å². The Morgan fingerprint density at radius 3 is 2.76 bits per heavy atom. The van der Waals surface area contributed by atoms with Gasteiger partial charge in [-0.3, -0.25) is 4.79 Å². The van der Waals surface area contributed by atoms with Gasteiger partial charge in [-0.15, -0.1) is 0 Å². The minimum atomic E-state index is -0.0794. The van der Waals surface area contributed by atoms with E-state index in [1.807, 2.05) is 31.1 Å². The van der Waals surface area contributed by atoms with E-state index in [2.05, 4.69) is 23.6 Å². The van der Waals surface area contributed by atoms with Crippen LogP contribution in [0.4, 0.5) is 0 Å². The second-order valence-corrected chi connectivity index (χ2v) is 8.13. The highest BCUT2D eigenvalue weighted by atomic mass is 35.5. The van der Waals surface area contributed by atoms with E-state index in [1.54, 1.807) is 11.0 Å². The van der Waals surface area contributed by atoms with Crippen LogP contribution in [0.15, 0.2) is 47.9 Å². The van der Waals surface area contributed by atoms with Crippen LogP contribution < -0.4 is 11.5 Å². The molecule has 1 unspecified atom stereocenters. The molecule has 1 atom stereocenters. The SMILES string of the molecule is CCn1c(C2CCCN(C(=O)C(=C/N)/C=C(\N)N(C)C)C2)cc2cc(Cl)ccc21. The number of nitrogens with zero attached hydrogens (tertiary/aromatic N) is 3. The van der Waals surface area contributed by atoms with Crippen LogP contribution in [0, 0.1) is 0 Å². The fourth-order valence-electron chi connectivity index (χ4n) is 4.01. The van der Waals surface area contributed by atoms with Crippen LogP contribution in [0.3, 0.4) is 0 Å². The second-order valence-electron chi connectivity index (χ2n) is 7.69. The molecular weight excluding hydrogens is 386 g/mol. The standard InChI is InChI=1S/C22H30ClN5O/c1-4-28-19-8-7-18(23)10-16(19)11-20(28)15-6-5-9-27(14-15)22(29)17(13-24)12-21(25)26(2)3/h7-8,10-13,15H,4-6,9,14,24-25H2,1-3H3/b17-13+,21-12+. The van der Waals surface area contributed by atoms with Gasteiger partial charge in [0.2, 0.25) is 0 Å². The largest absolute Gasteiger partial charge is 0.404 e. The van der Waals surface area contributed by atoms with Crippen molar-refractivity contribution in [3.05, 3.63) is 58.7 Å². The van der Waals surface area contributed by atoms with E-state index in [0.29, 0.717) is 17.9 Å².